The SMILES string of the molecule is Cc1cc(N2CCCC(C)(O)C2)ccc1CO. The van der Waals surface area contributed by atoms with E-state index < -0.39 is 5.60 Å². The van der Waals surface area contributed by atoms with Crippen LogP contribution >= 0.6 is 0 Å². The molecule has 3 nitrogen and oxygen atoms in total. The fourth-order valence-corrected chi connectivity index (χ4v) is 2.49. The Balaban J connectivity index is 2.19. The Labute approximate surface area is 103 Å². The van der Waals surface area contributed by atoms with Gasteiger partial charge >= 0.3 is 0 Å². The molecule has 1 heterocycles. The van der Waals surface area contributed by atoms with Gasteiger partial charge in [-0.2, -0.15) is 0 Å². The molecule has 3 heteroatoms. The van der Waals surface area contributed by atoms with E-state index in [1.807, 2.05) is 26.0 Å². The van der Waals surface area contributed by atoms with Crippen LogP contribution in [-0.2, 0) is 6.61 Å². The number of piperidine rings is 1. The summed E-state index contributed by atoms with van der Waals surface area (Å²) in [4.78, 5) is 2.22. The van der Waals surface area contributed by atoms with Gasteiger partial charge in [-0.1, -0.05) is 6.07 Å². The highest BCUT2D eigenvalue weighted by molar-refractivity contribution is 5.51. The van der Waals surface area contributed by atoms with Crippen molar-refractivity contribution in [2.24, 2.45) is 0 Å². The summed E-state index contributed by atoms with van der Waals surface area (Å²) in [6.07, 6.45) is 1.89. The molecule has 2 N–H and O–H groups in total. The van der Waals surface area contributed by atoms with Crippen molar-refractivity contribution in [3.63, 3.8) is 0 Å². The molecule has 1 aromatic carbocycles. The van der Waals surface area contributed by atoms with Crippen molar-refractivity contribution in [3.8, 4) is 0 Å². The number of aliphatic hydroxyl groups is 2. The summed E-state index contributed by atoms with van der Waals surface area (Å²) >= 11 is 0. The minimum Gasteiger partial charge on any atom is -0.392 e. The van der Waals surface area contributed by atoms with Gasteiger partial charge in [0, 0.05) is 18.8 Å². The Morgan fingerprint density at radius 2 is 2.18 bits per heavy atom. The van der Waals surface area contributed by atoms with Gasteiger partial charge in [-0.3, -0.25) is 0 Å². The Bertz CT molecular complexity index is 401. The number of nitrogens with zero attached hydrogens (tertiary/aromatic N) is 1. The molecule has 1 fully saturated rings. The Hall–Kier alpha value is -1.06. The lowest BCUT2D eigenvalue weighted by molar-refractivity contribution is 0.0449. The van der Waals surface area contributed by atoms with Crippen LogP contribution in [0.1, 0.15) is 30.9 Å². The zero-order valence-electron chi connectivity index (χ0n) is 10.6. The lowest BCUT2D eigenvalue weighted by atomic mass is 9.94. The van der Waals surface area contributed by atoms with Crippen LogP contribution in [0.4, 0.5) is 5.69 Å². The highest BCUT2D eigenvalue weighted by Crippen LogP contribution is 2.27. The molecule has 1 atom stereocenters. The second-order valence-corrected chi connectivity index (χ2v) is 5.29. The molecule has 1 saturated heterocycles. The standard InChI is InChI=1S/C14H21NO2/c1-11-8-13(5-4-12(11)9-16)15-7-3-6-14(2,17)10-15/h4-5,8,16-17H,3,6-7,9-10H2,1-2H3. The van der Waals surface area contributed by atoms with Crippen molar-refractivity contribution in [1.29, 1.82) is 0 Å². The molecule has 0 saturated carbocycles. The third kappa shape index (κ3) is 2.79. The van der Waals surface area contributed by atoms with Crippen LogP contribution in [0.2, 0.25) is 0 Å². The van der Waals surface area contributed by atoms with Crippen molar-refractivity contribution in [3.05, 3.63) is 29.3 Å². The van der Waals surface area contributed by atoms with Crippen LogP contribution in [0, 0.1) is 6.92 Å². The van der Waals surface area contributed by atoms with Gasteiger partial charge in [-0.15, -0.1) is 0 Å². The van der Waals surface area contributed by atoms with E-state index in [4.69, 9.17) is 5.11 Å². The molecule has 0 amide bonds. The maximum absolute atomic E-state index is 10.1. The largest absolute Gasteiger partial charge is 0.392 e. The first-order chi connectivity index (χ1) is 8.02. The highest BCUT2D eigenvalue weighted by atomic mass is 16.3. The summed E-state index contributed by atoms with van der Waals surface area (Å²) in [5.41, 5.74) is 2.63. The first-order valence-electron chi connectivity index (χ1n) is 6.19. The van der Waals surface area contributed by atoms with Gasteiger partial charge in [0.1, 0.15) is 0 Å². The third-order valence-electron chi connectivity index (χ3n) is 3.54. The van der Waals surface area contributed by atoms with E-state index >= 15 is 0 Å². The summed E-state index contributed by atoms with van der Waals surface area (Å²) in [5, 5.41) is 19.2. The van der Waals surface area contributed by atoms with Crippen molar-refractivity contribution in [2.75, 3.05) is 18.0 Å². The van der Waals surface area contributed by atoms with Crippen molar-refractivity contribution >= 4 is 5.69 Å². The monoisotopic (exact) mass is 235 g/mol. The zero-order chi connectivity index (χ0) is 12.5. The van der Waals surface area contributed by atoms with Crippen LogP contribution < -0.4 is 4.90 Å². The molecule has 0 spiro atoms. The van der Waals surface area contributed by atoms with Gasteiger partial charge in [0.2, 0.25) is 0 Å². The molecular formula is C14H21NO2. The number of aryl methyl sites for hydroxylation is 1. The lowest BCUT2D eigenvalue weighted by Crippen LogP contribution is -2.46. The van der Waals surface area contributed by atoms with E-state index in [0.29, 0.717) is 6.54 Å². The number of hydrogen-bond donors (Lipinski definition) is 2. The fourth-order valence-electron chi connectivity index (χ4n) is 2.49. The van der Waals surface area contributed by atoms with Gasteiger partial charge in [0.25, 0.3) is 0 Å². The van der Waals surface area contributed by atoms with Crippen molar-refractivity contribution < 1.29 is 10.2 Å². The number of aliphatic hydroxyl groups excluding tert-OH is 1. The van der Waals surface area contributed by atoms with E-state index in [9.17, 15) is 5.11 Å². The van der Waals surface area contributed by atoms with Gasteiger partial charge in [-0.25, -0.2) is 0 Å². The van der Waals surface area contributed by atoms with E-state index in [1.54, 1.807) is 0 Å². The Morgan fingerprint density at radius 3 is 2.76 bits per heavy atom. The molecule has 1 unspecified atom stereocenters. The Kier molecular flexibility index (Phi) is 3.40. The van der Waals surface area contributed by atoms with Gasteiger partial charge in [0.05, 0.1) is 12.2 Å². The zero-order valence-corrected chi connectivity index (χ0v) is 10.6. The van der Waals surface area contributed by atoms with Crippen molar-refractivity contribution in [2.45, 2.75) is 38.9 Å². The second kappa shape index (κ2) is 4.67. The summed E-state index contributed by atoms with van der Waals surface area (Å²) in [7, 11) is 0. The van der Waals surface area contributed by atoms with Gasteiger partial charge in [-0.05, 0) is 49.9 Å². The normalized spacial score (nSPS) is 25.1. The van der Waals surface area contributed by atoms with Gasteiger partial charge in [0.15, 0.2) is 0 Å². The molecule has 1 aromatic rings. The smallest absolute Gasteiger partial charge is 0.0794 e. The highest BCUT2D eigenvalue weighted by Gasteiger charge is 2.28. The number of benzene rings is 1. The minimum atomic E-state index is -0.582. The predicted molar refractivity (Wildman–Crippen MR) is 69.2 cm³/mol. The molecular weight excluding hydrogens is 214 g/mol. The predicted octanol–water partition coefficient (Wildman–Crippen LogP) is 1.84. The maximum Gasteiger partial charge on any atom is 0.0794 e. The molecule has 0 aromatic heterocycles. The molecule has 1 aliphatic heterocycles. The molecule has 2 rings (SSSR count). The topological polar surface area (TPSA) is 43.7 Å². The van der Waals surface area contributed by atoms with Crippen molar-refractivity contribution in [1.82, 2.24) is 0 Å². The number of anilines is 1. The molecule has 0 radical (unpaired) electrons. The van der Waals surface area contributed by atoms with Crippen LogP contribution in [0.15, 0.2) is 18.2 Å². The van der Waals surface area contributed by atoms with Gasteiger partial charge < -0.3 is 15.1 Å². The third-order valence-corrected chi connectivity index (χ3v) is 3.54. The first kappa shape index (κ1) is 12.4. The number of β-amino-alcohol motifs (C(OH)–C–C–N with tert-alkyl or cyclic N) is 1. The number of rotatable bonds is 2. The molecule has 0 aliphatic carbocycles. The lowest BCUT2D eigenvalue weighted by Gasteiger charge is -2.38. The molecule has 94 valence electrons. The second-order valence-electron chi connectivity index (χ2n) is 5.29. The van der Waals surface area contributed by atoms with Crippen LogP contribution in [0.25, 0.3) is 0 Å². The fraction of sp³-hybridized carbons (Fsp3) is 0.571. The summed E-state index contributed by atoms with van der Waals surface area (Å²) in [6, 6.07) is 6.08. The summed E-state index contributed by atoms with van der Waals surface area (Å²) in [5.74, 6) is 0. The molecule has 17 heavy (non-hydrogen) atoms. The summed E-state index contributed by atoms with van der Waals surface area (Å²) < 4.78 is 0. The first-order valence-corrected chi connectivity index (χ1v) is 6.19. The van der Waals surface area contributed by atoms with E-state index in [1.165, 1.54) is 0 Å². The van der Waals surface area contributed by atoms with E-state index in [2.05, 4.69) is 11.0 Å². The van der Waals surface area contributed by atoms with Crippen LogP contribution in [0.5, 0.6) is 0 Å². The van der Waals surface area contributed by atoms with Crippen LogP contribution in [0.3, 0.4) is 0 Å². The average Bonchev–Trinajstić information content (AvgIpc) is 2.27. The van der Waals surface area contributed by atoms with Crippen LogP contribution in [-0.4, -0.2) is 28.9 Å². The summed E-state index contributed by atoms with van der Waals surface area (Å²) in [6.45, 7) is 5.67. The quantitative estimate of drug-likeness (QED) is 0.822. The minimum absolute atomic E-state index is 0.0871. The number of hydrogen-bond acceptors (Lipinski definition) is 3. The Morgan fingerprint density at radius 1 is 1.41 bits per heavy atom. The molecule has 0 bridgehead atoms. The molecule has 1 aliphatic rings. The van der Waals surface area contributed by atoms with E-state index in [0.717, 1.165) is 36.2 Å². The van der Waals surface area contributed by atoms with E-state index in [-0.39, 0.29) is 6.61 Å². The maximum atomic E-state index is 10.1. The average molecular weight is 235 g/mol.